The first-order valence-corrected chi connectivity index (χ1v) is 5.46. The molecule has 1 fully saturated rings. The molecule has 1 aromatic carbocycles. The second-order valence-corrected chi connectivity index (χ2v) is 4.11. The van der Waals surface area contributed by atoms with Crippen LogP contribution < -0.4 is 5.32 Å². The van der Waals surface area contributed by atoms with E-state index in [2.05, 4.69) is 5.32 Å². The molecule has 0 amide bonds. The quantitative estimate of drug-likeness (QED) is 0.772. The number of carboxylic acid groups (broad SMARTS) is 1. The third kappa shape index (κ3) is 3.11. The van der Waals surface area contributed by atoms with E-state index in [1.54, 1.807) is 12.1 Å². The van der Waals surface area contributed by atoms with Gasteiger partial charge in [0, 0.05) is 6.04 Å². The lowest BCUT2D eigenvalue weighted by Crippen LogP contribution is -2.24. The summed E-state index contributed by atoms with van der Waals surface area (Å²) in [5.41, 5.74) is 0.739. The number of carboxylic acids is 1. The predicted molar refractivity (Wildman–Crippen MR) is 67.0 cm³/mol. The Hall–Kier alpha value is -1.26. The second-order valence-electron chi connectivity index (χ2n) is 4.11. The summed E-state index contributed by atoms with van der Waals surface area (Å²) in [6.07, 6.45) is 2.86. The van der Waals surface area contributed by atoms with Crippen LogP contribution in [0.2, 0.25) is 0 Å². The van der Waals surface area contributed by atoms with E-state index < -0.39 is 5.97 Å². The van der Waals surface area contributed by atoms with Gasteiger partial charge in [0.2, 0.25) is 0 Å². The van der Waals surface area contributed by atoms with Gasteiger partial charge in [0.25, 0.3) is 0 Å². The van der Waals surface area contributed by atoms with Gasteiger partial charge >= 0.3 is 5.97 Å². The van der Waals surface area contributed by atoms with Crippen LogP contribution in [-0.2, 0) is 6.42 Å². The highest BCUT2D eigenvalue weighted by Gasteiger charge is 2.20. The minimum absolute atomic E-state index is 0. The summed E-state index contributed by atoms with van der Waals surface area (Å²) in [6, 6.07) is 5.20. The molecule has 0 bridgehead atoms. The van der Waals surface area contributed by atoms with Gasteiger partial charge < -0.3 is 15.5 Å². The molecule has 1 unspecified atom stereocenters. The van der Waals surface area contributed by atoms with Gasteiger partial charge in [-0.1, -0.05) is 12.1 Å². The number of aromatic carboxylic acids is 1. The van der Waals surface area contributed by atoms with E-state index in [0.717, 1.165) is 19.4 Å². The molecule has 1 aliphatic heterocycles. The zero-order valence-corrected chi connectivity index (χ0v) is 10.2. The average molecular weight is 258 g/mol. The maximum Gasteiger partial charge on any atom is 0.339 e. The van der Waals surface area contributed by atoms with Crippen molar-refractivity contribution in [2.24, 2.45) is 0 Å². The molecule has 1 heterocycles. The van der Waals surface area contributed by atoms with Crippen LogP contribution in [0.1, 0.15) is 28.8 Å². The van der Waals surface area contributed by atoms with Crippen LogP contribution in [0.25, 0.3) is 0 Å². The van der Waals surface area contributed by atoms with Crippen LogP contribution in [0.5, 0.6) is 5.75 Å². The normalized spacial score (nSPS) is 18.7. The highest BCUT2D eigenvalue weighted by molar-refractivity contribution is 5.92. The molecule has 1 aliphatic rings. The number of rotatable bonds is 3. The molecule has 0 radical (unpaired) electrons. The third-order valence-electron chi connectivity index (χ3n) is 2.97. The highest BCUT2D eigenvalue weighted by Crippen LogP contribution is 2.23. The van der Waals surface area contributed by atoms with E-state index in [1.807, 2.05) is 0 Å². The van der Waals surface area contributed by atoms with Gasteiger partial charge in [-0.05, 0) is 37.4 Å². The molecule has 0 saturated carbocycles. The average Bonchev–Trinajstić information content (AvgIpc) is 2.70. The predicted octanol–water partition coefficient (Wildman–Crippen LogP) is 1.81. The Balaban J connectivity index is 0.00000144. The van der Waals surface area contributed by atoms with Crippen LogP contribution >= 0.6 is 12.4 Å². The molecule has 94 valence electrons. The number of hydrogen-bond donors (Lipinski definition) is 3. The molecule has 0 spiro atoms. The number of benzene rings is 1. The Bertz CT molecular complexity index is 403. The number of aromatic hydroxyl groups is 1. The Kier molecular flexibility index (Phi) is 4.78. The van der Waals surface area contributed by atoms with Crippen molar-refractivity contribution < 1.29 is 15.0 Å². The summed E-state index contributed by atoms with van der Waals surface area (Å²) < 4.78 is 0. The number of nitrogens with one attached hydrogen (secondary N) is 1. The highest BCUT2D eigenvalue weighted by atomic mass is 35.5. The van der Waals surface area contributed by atoms with E-state index in [0.29, 0.717) is 18.0 Å². The number of carbonyl (C=O) groups is 1. The van der Waals surface area contributed by atoms with Crippen molar-refractivity contribution in [3.63, 3.8) is 0 Å². The van der Waals surface area contributed by atoms with Crippen molar-refractivity contribution >= 4 is 18.4 Å². The van der Waals surface area contributed by atoms with Gasteiger partial charge in [0.15, 0.2) is 0 Å². The molecule has 0 aromatic heterocycles. The van der Waals surface area contributed by atoms with Crippen LogP contribution in [0, 0.1) is 0 Å². The molecule has 2 rings (SSSR count). The van der Waals surface area contributed by atoms with Crippen LogP contribution in [0.4, 0.5) is 0 Å². The lowest BCUT2D eigenvalue weighted by Gasteiger charge is -2.12. The topological polar surface area (TPSA) is 69.6 Å². The summed E-state index contributed by atoms with van der Waals surface area (Å²) in [4.78, 5) is 11.0. The lowest BCUT2D eigenvalue weighted by atomic mass is 9.98. The van der Waals surface area contributed by atoms with Gasteiger partial charge in [-0.2, -0.15) is 0 Å². The molecule has 17 heavy (non-hydrogen) atoms. The van der Waals surface area contributed by atoms with Gasteiger partial charge in [0.05, 0.1) is 0 Å². The third-order valence-corrected chi connectivity index (χ3v) is 2.97. The molecule has 0 aliphatic carbocycles. The first-order chi connectivity index (χ1) is 7.68. The van der Waals surface area contributed by atoms with Gasteiger partial charge in [-0.3, -0.25) is 0 Å². The molecule has 3 N–H and O–H groups in total. The molecule has 1 saturated heterocycles. The summed E-state index contributed by atoms with van der Waals surface area (Å²) in [6.45, 7) is 0.992. The van der Waals surface area contributed by atoms with Gasteiger partial charge in [0.1, 0.15) is 11.3 Å². The van der Waals surface area contributed by atoms with E-state index in [4.69, 9.17) is 5.11 Å². The van der Waals surface area contributed by atoms with Crippen LogP contribution in [0.15, 0.2) is 18.2 Å². The fraction of sp³-hybridized carbons (Fsp3) is 0.417. The molecule has 1 atom stereocenters. The van der Waals surface area contributed by atoms with Crippen LogP contribution in [-0.4, -0.2) is 28.8 Å². The molecule has 4 nitrogen and oxygen atoms in total. The number of hydrogen-bond acceptors (Lipinski definition) is 3. The first-order valence-electron chi connectivity index (χ1n) is 5.46. The van der Waals surface area contributed by atoms with Crippen molar-refractivity contribution in [2.45, 2.75) is 25.3 Å². The Morgan fingerprint density at radius 2 is 2.24 bits per heavy atom. The molecular formula is C12H16ClNO3. The zero-order valence-electron chi connectivity index (χ0n) is 9.35. The Morgan fingerprint density at radius 1 is 1.47 bits per heavy atom. The number of phenols is 1. The number of halogens is 1. The lowest BCUT2D eigenvalue weighted by molar-refractivity contribution is 0.0692. The van der Waals surface area contributed by atoms with E-state index in [-0.39, 0.29) is 23.7 Å². The van der Waals surface area contributed by atoms with Crippen molar-refractivity contribution in [3.8, 4) is 5.75 Å². The van der Waals surface area contributed by atoms with Crippen molar-refractivity contribution in [1.29, 1.82) is 0 Å². The van der Waals surface area contributed by atoms with E-state index >= 15 is 0 Å². The summed E-state index contributed by atoms with van der Waals surface area (Å²) in [7, 11) is 0. The fourth-order valence-electron chi connectivity index (χ4n) is 2.20. The van der Waals surface area contributed by atoms with Crippen molar-refractivity contribution in [1.82, 2.24) is 5.32 Å². The van der Waals surface area contributed by atoms with Crippen molar-refractivity contribution in [3.05, 3.63) is 29.3 Å². The van der Waals surface area contributed by atoms with Crippen molar-refractivity contribution in [2.75, 3.05) is 6.54 Å². The van der Waals surface area contributed by atoms with E-state index in [1.165, 1.54) is 6.07 Å². The van der Waals surface area contributed by atoms with Gasteiger partial charge in [-0.25, -0.2) is 4.79 Å². The fourth-order valence-corrected chi connectivity index (χ4v) is 2.20. The summed E-state index contributed by atoms with van der Waals surface area (Å²) >= 11 is 0. The Labute approximate surface area is 106 Å². The largest absolute Gasteiger partial charge is 0.507 e. The molecule has 1 aromatic rings. The minimum Gasteiger partial charge on any atom is -0.507 e. The maximum absolute atomic E-state index is 11.0. The summed E-state index contributed by atoms with van der Waals surface area (Å²) in [5.74, 6) is -1.21. The minimum atomic E-state index is -1.06. The zero-order chi connectivity index (χ0) is 11.5. The van der Waals surface area contributed by atoms with Crippen LogP contribution in [0.3, 0.4) is 0 Å². The second kappa shape index (κ2) is 5.89. The van der Waals surface area contributed by atoms with Gasteiger partial charge in [-0.15, -0.1) is 12.4 Å². The monoisotopic (exact) mass is 257 g/mol. The van der Waals surface area contributed by atoms with E-state index in [9.17, 15) is 9.90 Å². The SMILES string of the molecule is Cl.O=C(O)c1c(O)cccc1CC1CCCN1. The maximum atomic E-state index is 11.0. The summed E-state index contributed by atoms with van der Waals surface area (Å²) in [5, 5.41) is 21.9. The molecule has 5 heteroatoms. The smallest absolute Gasteiger partial charge is 0.339 e. The molecular weight excluding hydrogens is 242 g/mol. The Morgan fingerprint density at radius 3 is 2.82 bits per heavy atom. The standard InChI is InChI=1S/C12H15NO3.ClH/c14-10-5-1-3-8(11(10)12(15)16)7-9-4-2-6-13-9;/h1,3,5,9,13-14H,2,4,6-7H2,(H,15,16);1H. The first kappa shape index (κ1) is 13.8.